The Kier molecular flexibility index (Phi) is 2.79. The molecule has 0 bridgehead atoms. The van der Waals surface area contributed by atoms with E-state index >= 15 is 0 Å². The van der Waals surface area contributed by atoms with Gasteiger partial charge >= 0.3 is 0 Å². The number of aromatic amines is 1. The largest absolute Gasteiger partial charge is 0.360 e. The van der Waals surface area contributed by atoms with Crippen LogP contribution in [0.1, 0.15) is 35.7 Å². The molecule has 2 rings (SSSR count). The van der Waals surface area contributed by atoms with Crippen molar-refractivity contribution >= 4 is 23.5 Å². The summed E-state index contributed by atoms with van der Waals surface area (Å²) < 4.78 is 13.8. The SMILES string of the molecule is C=NC(=O)c1ccc(F)c2c(C(C)C)c[nH]c12. The van der Waals surface area contributed by atoms with Gasteiger partial charge in [-0.25, -0.2) is 9.38 Å². The second-order valence-electron chi connectivity index (χ2n) is 4.21. The van der Waals surface area contributed by atoms with Gasteiger partial charge in [0.2, 0.25) is 0 Å². The highest BCUT2D eigenvalue weighted by Gasteiger charge is 2.17. The molecule has 0 saturated heterocycles. The summed E-state index contributed by atoms with van der Waals surface area (Å²) in [4.78, 5) is 17.9. The Morgan fingerprint density at radius 2 is 2.18 bits per heavy atom. The number of aliphatic imine (C=N–C) groups is 1. The normalized spacial score (nSPS) is 11.1. The van der Waals surface area contributed by atoms with Crippen molar-refractivity contribution in [2.45, 2.75) is 19.8 Å². The van der Waals surface area contributed by atoms with Crippen LogP contribution in [0.5, 0.6) is 0 Å². The third-order valence-electron chi connectivity index (χ3n) is 2.81. The van der Waals surface area contributed by atoms with Gasteiger partial charge < -0.3 is 4.98 Å². The van der Waals surface area contributed by atoms with E-state index in [0.29, 0.717) is 16.5 Å². The van der Waals surface area contributed by atoms with Crippen LogP contribution in [-0.4, -0.2) is 17.6 Å². The smallest absolute Gasteiger partial charge is 0.278 e. The van der Waals surface area contributed by atoms with E-state index in [0.717, 1.165) is 5.56 Å². The zero-order valence-electron chi connectivity index (χ0n) is 9.75. The number of nitrogens with one attached hydrogen (secondary N) is 1. The Hall–Kier alpha value is -1.97. The maximum Gasteiger partial charge on any atom is 0.278 e. The van der Waals surface area contributed by atoms with Crippen molar-refractivity contribution in [2.24, 2.45) is 4.99 Å². The third-order valence-corrected chi connectivity index (χ3v) is 2.81. The third kappa shape index (κ3) is 1.75. The van der Waals surface area contributed by atoms with E-state index in [1.807, 2.05) is 13.8 Å². The molecular weight excluding hydrogens is 219 g/mol. The number of carbonyl (C=O) groups is 1. The molecule has 0 fully saturated rings. The van der Waals surface area contributed by atoms with Crippen LogP contribution < -0.4 is 0 Å². The van der Waals surface area contributed by atoms with Crippen molar-refractivity contribution in [3.05, 3.63) is 35.3 Å². The lowest BCUT2D eigenvalue weighted by molar-refractivity contribution is 0.100. The molecule has 1 heterocycles. The highest BCUT2D eigenvalue weighted by atomic mass is 19.1. The van der Waals surface area contributed by atoms with Crippen LogP contribution in [0.2, 0.25) is 0 Å². The van der Waals surface area contributed by atoms with Crippen molar-refractivity contribution in [3.63, 3.8) is 0 Å². The average Bonchev–Trinajstić information content (AvgIpc) is 2.74. The number of nitrogens with zero attached hydrogens (tertiary/aromatic N) is 1. The van der Waals surface area contributed by atoms with Crippen LogP contribution >= 0.6 is 0 Å². The van der Waals surface area contributed by atoms with Gasteiger partial charge in [0.05, 0.1) is 11.1 Å². The summed E-state index contributed by atoms with van der Waals surface area (Å²) in [6.07, 6.45) is 1.73. The van der Waals surface area contributed by atoms with Crippen LogP contribution in [0.15, 0.2) is 23.3 Å². The molecule has 0 aliphatic heterocycles. The predicted molar refractivity (Wildman–Crippen MR) is 66.2 cm³/mol. The van der Waals surface area contributed by atoms with E-state index < -0.39 is 5.91 Å². The number of amides is 1. The molecule has 0 radical (unpaired) electrons. The number of benzene rings is 1. The van der Waals surface area contributed by atoms with Crippen LogP contribution in [0.4, 0.5) is 4.39 Å². The Balaban J connectivity index is 2.80. The number of aromatic nitrogens is 1. The van der Waals surface area contributed by atoms with E-state index in [1.54, 1.807) is 6.20 Å². The minimum atomic E-state index is -0.452. The predicted octanol–water partition coefficient (Wildman–Crippen LogP) is 3.27. The van der Waals surface area contributed by atoms with E-state index in [1.165, 1.54) is 12.1 Å². The number of fused-ring (bicyclic) bond motifs is 1. The summed E-state index contributed by atoms with van der Waals surface area (Å²) in [5.41, 5.74) is 1.70. The Morgan fingerprint density at radius 3 is 2.76 bits per heavy atom. The lowest BCUT2D eigenvalue weighted by Crippen LogP contribution is -1.97. The molecule has 17 heavy (non-hydrogen) atoms. The highest BCUT2D eigenvalue weighted by Crippen LogP contribution is 2.29. The van der Waals surface area contributed by atoms with Crippen molar-refractivity contribution in [1.29, 1.82) is 0 Å². The van der Waals surface area contributed by atoms with Gasteiger partial charge in [0.15, 0.2) is 0 Å². The molecule has 0 unspecified atom stereocenters. The fourth-order valence-corrected chi connectivity index (χ4v) is 1.95. The second kappa shape index (κ2) is 4.13. The summed E-state index contributed by atoms with van der Waals surface area (Å²) in [6, 6.07) is 2.72. The molecule has 0 aliphatic rings. The summed E-state index contributed by atoms with van der Waals surface area (Å²) >= 11 is 0. The van der Waals surface area contributed by atoms with Gasteiger partial charge in [-0.1, -0.05) is 13.8 Å². The molecule has 0 saturated carbocycles. The minimum Gasteiger partial charge on any atom is -0.360 e. The van der Waals surface area contributed by atoms with Gasteiger partial charge in [-0.15, -0.1) is 0 Å². The molecule has 1 N–H and O–H groups in total. The number of hydrogen-bond acceptors (Lipinski definition) is 1. The summed E-state index contributed by atoms with van der Waals surface area (Å²) in [7, 11) is 0. The standard InChI is InChI=1S/C13H13FN2O/c1-7(2)9-6-16-12-8(13(17)15-3)4-5-10(14)11(9)12/h4-7,16H,3H2,1-2H3. The van der Waals surface area contributed by atoms with Crippen LogP contribution in [0, 0.1) is 5.82 Å². The lowest BCUT2D eigenvalue weighted by atomic mass is 10.0. The van der Waals surface area contributed by atoms with E-state index in [2.05, 4.69) is 16.7 Å². The number of carbonyl (C=O) groups excluding carboxylic acids is 1. The Morgan fingerprint density at radius 1 is 1.47 bits per heavy atom. The number of halogens is 1. The van der Waals surface area contributed by atoms with Crippen molar-refractivity contribution in [2.75, 3.05) is 0 Å². The van der Waals surface area contributed by atoms with Crippen molar-refractivity contribution < 1.29 is 9.18 Å². The molecule has 2 aromatic rings. The highest BCUT2D eigenvalue weighted by molar-refractivity contribution is 6.08. The summed E-state index contributed by atoms with van der Waals surface area (Å²) in [5, 5.41) is 0.467. The van der Waals surface area contributed by atoms with Gasteiger partial charge in [-0.2, -0.15) is 0 Å². The minimum absolute atomic E-state index is 0.181. The summed E-state index contributed by atoms with van der Waals surface area (Å²) in [5.74, 6) is -0.599. The first-order valence-corrected chi connectivity index (χ1v) is 5.36. The molecule has 3 nitrogen and oxygen atoms in total. The van der Waals surface area contributed by atoms with E-state index in [4.69, 9.17) is 0 Å². The van der Waals surface area contributed by atoms with E-state index in [9.17, 15) is 9.18 Å². The average molecular weight is 232 g/mol. The maximum atomic E-state index is 13.8. The van der Waals surface area contributed by atoms with Crippen molar-refractivity contribution in [3.8, 4) is 0 Å². The number of H-pyrrole nitrogens is 1. The lowest BCUT2D eigenvalue weighted by Gasteiger charge is -2.04. The Labute approximate surface area is 98.4 Å². The zero-order valence-corrected chi connectivity index (χ0v) is 9.75. The zero-order chi connectivity index (χ0) is 12.6. The first kappa shape index (κ1) is 11.5. The van der Waals surface area contributed by atoms with E-state index in [-0.39, 0.29) is 11.7 Å². The first-order valence-electron chi connectivity index (χ1n) is 5.36. The van der Waals surface area contributed by atoms with Crippen LogP contribution in [-0.2, 0) is 0 Å². The molecule has 0 atom stereocenters. The topological polar surface area (TPSA) is 45.2 Å². The summed E-state index contributed by atoms with van der Waals surface area (Å²) in [6.45, 7) is 7.15. The molecule has 0 aliphatic carbocycles. The monoisotopic (exact) mass is 232 g/mol. The van der Waals surface area contributed by atoms with Crippen molar-refractivity contribution in [1.82, 2.24) is 4.98 Å². The van der Waals surface area contributed by atoms with Crippen LogP contribution in [0.3, 0.4) is 0 Å². The molecule has 88 valence electrons. The Bertz CT molecular complexity index is 599. The number of hydrogen-bond donors (Lipinski definition) is 1. The maximum absolute atomic E-state index is 13.8. The van der Waals surface area contributed by atoms with Gasteiger partial charge in [-0.3, -0.25) is 4.79 Å². The molecule has 1 aromatic heterocycles. The van der Waals surface area contributed by atoms with Gasteiger partial charge in [0.25, 0.3) is 5.91 Å². The fourth-order valence-electron chi connectivity index (χ4n) is 1.95. The first-order chi connectivity index (χ1) is 8.06. The number of rotatable bonds is 2. The van der Waals surface area contributed by atoms with Gasteiger partial charge in [-0.05, 0) is 30.3 Å². The molecule has 1 amide bonds. The molecular formula is C13H13FN2O. The molecule has 1 aromatic carbocycles. The molecule has 4 heteroatoms. The second-order valence-corrected chi connectivity index (χ2v) is 4.21. The molecule has 0 spiro atoms. The van der Waals surface area contributed by atoms with Crippen LogP contribution in [0.25, 0.3) is 10.9 Å². The van der Waals surface area contributed by atoms with Gasteiger partial charge in [0.1, 0.15) is 5.82 Å². The van der Waals surface area contributed by atoms with Gasteiger partial charge in [0, 0.05) is 11.6 Å². The quantitative estimate of drug-likeness (QED) is 0.793. The fraction of sp³-hybridized carbons (Fsp3) is 0.231.